The molecular weight excluding hydrogens is 207 g/mol. The zero-order chi connectivity index (χ0) is 12.1. The van der Waals surface area contributed by atoms with E-state index in [1.54, 1.807) is 31.1 Å². The highest BCUT2D eigenvalue weighted by atomic mass is 19.1. The van der Waals surface area contributed by atoms with Crippen molar-refractivity contribution in [3.05, 3.63) is 35.6 Å². The van der Waals surface area contributed by atoms with E-state index in [4.69, 9.17) is 0 Å². The molecule has 0 aliphatic carbocycles. The highest BCUT2D eigenvalue weighted by Gasteiger charge is 2.13. The van der Waals surface area contributed by atoms with Gasteiger partial charge in [0.2, 0.25) is 5.91 Å². The second kappa shape index (κ2) is 5.61. The monoisotopic (exact) mass is 224 g/mol. The third-order valence-corrected chi connectivity index (χ3v) is 2.34. The predicted molar refractivity (Wildman–Crippen MR) is 61.4 cm³/mol. The lowest BCUT2D eigenvalue weighted by Crippen LogP contribution is -2.41. The Labute approximate surface area is 95.3 Å². The summed E-state index contributed by atoms with van der Waals surface area (Å²) in [5.41, 5.74) is 0.958. The molecular formula is C12H17FN2O. The second-order valence-electron chi connectivity index (χ2n) is 3.96. The van der Waals surface area contributed by atoms with Gasteiger partial charge in [-0.05, 0) is 24.6 Å². The Balaban J connectivity index is 2.45. The van der Waals surface area contributed by atoms with E-state index in [-0.39, 0.29) is 17.8 Å². The van der Waals surface area contributed by atoms with Gasteiger partial charge >= 0.3 is 0 Å². The van der Waals surface area contributed by atoms with Gasteiger partial charge in [0, 0.05) is 20.6 Å². The lowest BCUT2D eigenvalue weighted by atomic mass is 10.2. The molecule has 0 aromatic heterocycles. The largest absolute Gasteiger partial charge is 0.347 e. The Kier molecular flexibility index (Phi) is 4.43. The minimum atomic E-state index is -0.249. The van der Waals surface area contributed by atoms with Crippen LogP contribution in [-0.4, -0.2) is 30.9 Å². The summed E-state index contributed by atoms with van der Waals surface area (Å²) in [4.78, 5) is 13.1. The van der Waals surface area contributed by atoms with E-state index in [0.29, 0.717) is 6.54 Å². The van der Waals surface area contributed by atoms with E-state index >= 15 is 0 Å². The zero-order valence-corrected chi connectivity index (χ0v) is 9.83. The van der Waals surface area contributed by atoms with Crippen LogP contribution in [0.5, 0.6) is 0 Å². The van der Waals surface area contributed by atoms with Gasteiger partial charge in [-0.25, -0.2) is 4.39 Å². The van der Waals surface area contributed by atoms with Crippen molar-refractivity contribution in [2.75, 3.05) is 14.1 Å². The third kappa shape index (κ3) is 3.62. The lowest BCUT2D eigenvalue weighted by molar-refractivity contribution is -0.130. The molecule has 88 valence electrons. The molecule has 1 aromatic rings. The summed E-state index contributed by atoms with van der Waals surface area (Å²) in [6.07, 6.45) is 0. The summed E-state index contributed by atoms with van der Waals surface area (Å²) >= 11 is 0. The van der Waals surface area contributed by atoms with Crippen molar-refractivity contribution in [1.82, 2.24) is 10.2 Å². The average Bonchev–Trinajstić information content (AvgIpc) is 2.26. The van der Waals surface area contributed by atoms with Crippen LogP contribution in [0.1, 0.15) is 12.5 Å². The molecule has 0 heterocycles. The molecule has 1 rings (SSSR count). The smallest absolute Gasteiger partial charge is 0.238 e. The van der Waals surface area contributed by atoms with Crippen LogP contribution in [0.3, 0.4) is 0 Å². The van der Waals surface area contributed by atoms with Crippen molar-refractivity contribution >= 4 is 5.91 Å². The first-order valence-electron chi connectivity index (χ1n) is 5.19. The van der Waals surface area contributed by atoms with Crippen LogP contribution in [0.4, 0.5) is 4.39 Å². The van der Waals surface area contributed by atoms with Crippen LogP contribution in [-0.2, 0) is 11.3 Å². The molecule has 4 heteroatoms. The van der Waals surface area contributed by atoms with Gasteiger partial charge in [-0.2, -0.15) is 0 Å². The van der Waals surface area contributed by atoms with Crippen LogP contribution >= 0.6 is 0 Å². The Hall–Kier alpha value is -1.42. The number of nitrogens with zero attached hydrogens (tertiary/aromatic N) is 1. The fourth-order valence-electron chi connectivity index (χ4n) is 1.35. The number of benzene rings is 1. The van der Waals surface area contributed by atoms with E-state index in [1.165, 1.54) is 12.1 Å². The van der Waals surface area contributed by atoms with E-state index in [9.17, 15) is 9.18 Å². The van der Waals surface area contributed by atoms with Crippen molar-refractivity contribution < 1.29 is 9.18 Å². The third-order valence-electron chi connectivity index (χ3n) is 2.34. The molecule has 3 nitrogen and oxygen atoms in total. The van der Waals surface area contributed by atoms with Crippen LogP contribution in [0.2, 0.25) is 0 Å². The summed E-state index contributed by atoms with van der Waals surface area (Å²) < 4.78 is 12.6. The maximum atomic E-state index is 12.6. The van der Waals surface area contributed by atoms with E-state index < -0.39 is 0 Å². The van der Waals surface area contributed by atoms with Crippen molar-refractivity contribution in [1.29, 1.82) is 0 Å². The van der Waals surface area contributed by atoms with Gasteiger partial charge in [0.1, 0.15) is 5.82 Å². The number of hydrogen-bond donors (Lipinski definition) is 1. The van der Waals surface area contributed by atoms with Gasteiger partial charge < -0.3 is 10.2 Å². The number of carbonyl (C=O) groups is 1. The van der Waals surface area contributed by atoms with E-state index in [1.807, 2.05) is 6.92 Å². The lowest BCUT2D eigenvalue weighted by Gasteiger charge is -2.17. The average molecular weight is 224 g/mol. The van der Waals surface area contributed by atoms with Crippen LogP contribution in [0, 0.1) is 5.82 Å². The van der Waals surface area contributed by atoms with Crippen molar-refractivity contribution in [3.8, 4) is 0 Å². The van der Waals surface area contributed by atoms with Crippen LogP contribution in [0.25, 0.3) is 0 Å². The molecule has 0 spiro atoms. The number of nitrogens with one attached hydrogen (secondary N) is 1. The molecule has 0 saturated carbocycles. The molecule has 0 saturated heterocycles. The number of halogens is 1. The highest BCUT2D eigenvalue weighted by molar-refractivity contribution is 5.80. The van der Waals surface area contributed by atoms with Gasteiger partial charge in [0.05, 0.1) is 6.04 Å². The first-order valence-corrected chi connectivity index (χ1v) is 5.19. The van der Waals surface area contributed by atoms with Gasteiger partial charge in [-0.15, -0.1) is 0 Å². The molecule has 0 fully saturated rings. The Morgan fingerprint density at radius 2 is 1.94 bits per heavy atom. The minimum Gasteiger partial charge on any atom is -0.347 e. The molecule has 0 unspecified atom stereocenters. The molecule has 1 N–H and O–H groups in total. The molecule has 0 aliphatic rings. The quantitative estimate of drug-likeness (QED) is 0.838. The molecule has 1 aromatic carbocycles. The number of hydrogen-bond acceptors (Lipinski definition) is 2. The minimum absolute atomic E-state index is 0.0297. The normalized spacial score (nSPS) is 12.2. The van der Waals surface area contributed by atoms with Gasteiger partial charge in [0.25, 0.3) is 0 Å². The molecule has 1 amide bonds. The molecule has 0 radical (unpaired) electrons. The standard InChI is InChI=1S/C12H17FN2O/c1-9(12(16)15(2)3)14-8-10-4-6-11(13)7-5-10/h4-7,9,14H,8H2,1-3H3/t9-/m1/s1. The maximum Gasteiger partial charge on any atom is 0.238 e. The van der Waals surface area contributed by atoms with Crippen LogP contribution < -0.4 is 5.32 Å². The topological polar surface area (TPSA) is 32.3 Å². The number of amides is 1. The van der Waals surface area contributed by atoms with Gasteiger partial charge in [-0.3, -0.25) is 4.79 Å². The summed E-state index contributed by atoms with van der Waals surface area (Å²) in [5.74, 6) is -0.219. The fourth-order valence-corrected chi connectivity index (χ4v) is 1.35. The Morgan fingerprint density at radius 3 is 2.44 bits per heavy atom. The first kappa shape index (κ1) is 12.6. The summed E-state index contributed by atoms with van der Waals surface area (Å²) in [5, 5.41) is 3.09. The summed E-state index contributed by atoms with van der Waals surface area (Å²) in [7, 11) is 3.44. The fraction of sp³-hybridized carbons (Fsp3) is 0.417. The van der Waals surface area contributed by atoms with Crippen molar-refractivity contribution in [3.63, 3.8) is 0 Å². The van der Waals surface area contributed by atoms with E-state index in [2.05, 4.69) is 5.32 Å². The summed E-state index contributed by atoms with van der Waals surface area (Å²) in [6.45, 7) is 2.37. The maximum absolute atomic E-state index is 12.6. The molecule has 0 bridgehead atoms. The number of rotatable bonds is 4. The van der Waals surface area contributed by atoms with Gasteiger partial charge in [0.15, 0.2) is 0 Å². The predicted octanol–water partition coefficient (Wildman–Crippen LogP) is 1.39. The first-order chi connectivity index (χ1) is 7.50. The van der Waals surface area contributed by atoms with Gasteiger partial charge in [-0.1, -0.05) is 12.1 Å². The van der Waals surface area contributed by atoms with E-state index in [0.717, 1.165) is 5.56 Å². The van der Waals surface area contributed by atoms with Crippen molar-refractivity contribution in [2.24, 2.45) is 0 Å². The molecule has 1 atom stereocenters. The summed E-state index contributed by atoms with van der Waals surface area (Å²) in [6, 6.07) is 6.00. The Morgan fingerprint density at radius 1 is 1.38 bits per heavy atom. The van der Waals surface area contributed by atoms with Crippen molar-refractivity contribution in [2.45, 2.75) is 19.5 Å². The number of carbonyl (C=O) groups excluding carboxylic acids is 1. The van der Waals surface area contributed by atoms with Crippen LogP contribution in [0.15, 0.2) is 24.3 Å². The highest BCUT2D eigenvalue weighted by Crippen LogP contribution is 2.02. The zero-order valence-electron chi connectivity index (χ0n) is 9.83. The SMILES string of the molecule is C[C@@H](NCc1ccc(F)cc1)C(=O)N(C)C. The second-order valence-corrected chi connectivity index (χ2v) is 3.96. The molecule has 0 aliphatic heterocycles. The number of likely N-dealkylation sites (N-methyl/N-ethyl adjacent to an activating group) is 1. The molecule has 16 heavy (non-hydrogen) atoms. The Bertz CT molecular complexity index is 349.